The number of amides is 1. The zero-order valence-electron chi connectivity index (χ0n) is 11.1. The average molecular weight is 280 g/mol. The fraction of sp³-hybridized carbons (Fsp3) is 0.533. The molecule has 3 N–H and O–H groups in total. The van der Waals surface area contributed by atoms with Crippen molar-refractivity contribution in [1.82, 2.24) is 5.32 Å². The van der Waals surface area contributed by atoms with E-state index in [1.165, 1.54) is 6.07 Å². The first kappa shape index (κ1) is 13.5. The van der Waals surface area contributed by atoms with E-state index < -0.39 is 11.6 Å². The highest BCUT2D eigenvalue weighted by Gasteiger charge is 2.45. The minimum absolute atomic E-state index is 0.0158. The molecule has 0 aromatic heterocycles. The fourth-order valence-corrected chi connectivity index (χ4v) is 2.68. The lowest BCUT2D eigenvalue weighted by atomic mass is 10.1. The molecule has 3 rings (SSSR count). The molecular weight excluding hydrogens is 262 g/mol. The third kappa shape index (κ3) is 2.68. The lowest BCUT2D eigenvalue weighted by molar-refractivity contribution is -0.122. The number of halogens is 2. The van der Waals surface area contributed by atoms with Gasteiger partial charge in [0.25, 0.3) is 0 Å². The summed E-state index contributed by atoms with van der Waals surface area (Å²) in [4.78, 5) is 11.9. The summed E-state index contributed by atoms with van der Waals surface area (Å²) in [6.45, 7) is 0.471. The van der Waals surface area contributed by atoms with E-state index in [4.69, 9.17) is 5.73 Å². The van der Waals surface area contributed by atoms with Crippen LogP contribution >= 0.6 is 0 Å². The summed E-state index contributed by atoms with van der Waals surface area (Å²) in [6, 6.07) is 4.13. The van der Waals surface area contributed by atoms with Gasteiger partial charge in [0, 0.05) is 18.5 Å². The van der Waals surface area contributed by atoms with E-state index in [-0.39, 0.29) is 23.8 Å². The van der Waals surface area contributed by atoms with Gasteiger partial charge >= 0.3 is 0 Å². The topological polar surface area (TPSA) is 55.1 Å². The van der Waals surface area contributed by atoms with E-state index in [2.05, 4.69) is 5.32 Å². The van der Waals surface area contributed by atoms with Crippen LogP contribution in [0.3, 0.4) is 0 Å². The SMILES string of the molecule is NC(CNC(=O)C1CC1c1cccc(F)c1F)C1CC1. The van der Waals surface area contributed by atoms with Gasteiger partial charge in [-0.05, 0) is 42.7 Å². The van der Waals surface area contributed by atoms with Crippen molar-refractivity contribution < 1.29 is 13.6 Å². The van der Waals surface area contributed by atoms with Crippen LogP contribution in [-0.4, -0.2) is 18.5 Å². The molecule has 0 spiro atoms. The van der Waals surface area contributed by atoms with Crippen LogP contribution in [0.25, 0.3) is 0 Å². The summed E-state index contributed by atoms with van der Waals surface area (Å²) in [5, 5.41) is 2.82. The number of benzene rings is 1. The van der Waals surface area contributed by atoms with E-state index in [1.807, 2.05) is 0 Å². The van der Waals surface area contributed by atoms with Crippen LogP contribution in [0.1, 0.15) is 30.7 Å². The Kier molecular flexibility index (Phi) is 3.46. The smallest absolute Gasteiger partial charge is 0.223 e. The summed E-state index contributed by atoms with van der Waals surface area (Å²) in [5.41, 5.74) is 6.22. The van der Waals surface area contributed by atoms with Crippen molar-refractivity contribution in [3.8, 4) is 0 Å². The van der Waals surface area contributed by atoms with Gasteiger partial charge in [-0.1, -0.05) is 12.1 Å². The Bertz CT molecular complexity index is 531. The molecule has 3 unspecified atom stereocenters. The van der Waals surface area contributed by atoms with Gasteiger partial charge in [-0.25, -0.2) is 8.78 Å². The Morgan fingerprint density at radius 3 is 2.85 bits per heavy atom. The van der Waals surface area contributed by atoms with Crippen LogP contribution in [0.4, 0.5) is 8.78 Å². The van der Waals surface area contributed by atoms with E-state index in [0.717, 1.165) is 18.9 Å². The highest BCUT2D eigenvalue weighted by molar-refractivity contribution is 5.82. The quantitative estimate of drug-likeness (QED) is 0.866. The van der Waals surface area contributed by atoms with Crippen LogP contribution in [-0.2, 0) is 4.79 Å². The first-order valence-electron chi connectivity index (χ1n) is 7.05. The van der Waals surface area contributed by atoms with Gasteiger partial charge in [0.15, 0.2) is 11.6 Å². The molecule has 0 radical (unpaired) electrons. The second-order valence-corrected chi connectivity index (χ2v) is 5.84. The highest BCUT2D eigenvalue weighted by Crippen LogP contribution is 2.48. The van der Waals surface area contributed by atoms with Gasteiger partial charge < -0.3 is 11.1 Å². The molecule has 2 fully saturated rings. The maximum atomic E-state index is 13.6. The average Bonchev–Trinajstić information content (AvgIpc) is 3.29. The van der Waals surface area contributed by atoms with Crippen LogP contribution < -0.4 is 11.1 Å². The Hall–Kier alpha value is -1.49. The van der Waals surface area contributed by atoms with Crippen molar-refractivity contribution in [2.45, 2.75) is 31.2 Å². The van der Waals surface area contributed by atoms with Gasteiger partial charge in [-0.3, -0.25) is 4.79 Å². The van der Waals surface area contributed by atoms with Crippen LogP contribution in [0.2, 0.25) is 0 Å². The number of hydrogen-bond acceptors (Lipinski definition) is 2. The fourth-order valence-electron chi connectivity index (χ4n) is 2.68. The lowest BCUT2D eigenvalue weighted by Gasteiger charge is -2.11. The Labute approximate surface area is 116 Å². The molecule has 0 bridgehead atoms. The van der Waals surface area contributed by atoms with Gasteiger partial charge in [0.1, 0.15) is 0 Å². The molecule has 3 nitrogen and oxygen atoms in total. The second-order valence-electron chi connectivity index (χ2n) is 5.84. The molecule has 108 valence electrons. The van der Waals surface area contributed by atoms with Crippen LogP contribution in [0, 0.1) is 23.5 Å². The van der Waals surface area contributed by atoms with Crippen LogP contribution in [0.5, 0.6) is 0 Å². The van der Waals surface area contributed by atoms with Crippen molar-refractivity contribution in [3.05, 3.63) is 35.4 Å². The summed E-state index contributed by atoms with van der Waals surface area (Å²) in [5.74, 6) is -1.71. The van der Waals surface area contributed by atoms with Crippen LogP contribution in [0.15, 0.2) is 18.2 Å². The highest BCUT2D eigenvalue weighted by atomic mass is 19.2. The predicted molar refractivity (Wildman–Crippen MR) is 70.9 cm³/mol. The molecule has 0 saturated heterocycles. The van der Waals surface area contributed by atoms with Gasteiger partial charge in [0.2, 0.25) is 5.91 Å². The van der Waals surface area contributed by atoms with Crippen molar-refractivity contribution in [1.29, 1.82) is 0 Å². The molecule has 1 amide bonds. The standard InChI is InChI=1S/C15H18F2N2O/c16-12-3-1-2-9(14(12)17)10-6-11(10)15(20)19-7-13(18)8-4-5-8/h1-3,8,10-11,13H,4-7,18H2,(H,19,20). The number of rotatable bonds is 5. The molecule has 5 heteroatoms. The molecule has 1 aromatic rings. The van der Waals surface area contributed by atoms with Crippen molar-refractivity contribution in [3.63, 3.8) is 0 Å². The van der Waals surface area contributed by atoms with Crippen molar-refractivity contribution >= 4 is 5.91 Å². The number of hydrogen-bond donors (Lipinski definition) is 2. The number of carbonyl (C=O) groups is 1. The minimum Gasteiger partial charge on any atom is -0.354 e. The molecular formula is C15H18F2N2O. The Morgan fingerprint density at radius 2 is 2.15 bits per heavy atom. The third-order valence-corrected chi connectivity index (χ3v) is 4.25. The molecule has 2 aliphatic carbocycles. The van der Waals surface area contributed by atoms with Crippen molar-refractivity contribution in [2.24, 2.45) is 17.6 Å². The molecule has 0 heterocycles. The van der Waals surface area contributed by atoms with E-state index in [1.54, 1.807) is 6.07 Å². The minimum atomic E-state index is -0.857. The first-order valence-corrected chi connectivity index (χ1v) is 7.05. The van der Waals surface area contributed by atoms with Gasteiger partial charge in [-0.2, -0.15) is 0 Å². The summed E-state index contributed by atoms with van der Waals surface area (Å²) in [6.07, 6.45) is 2.85. The zero-order chi connectivity index (χ0) is 14.3. The predicted octanol–water partition coefficient (Wildman–Crippen LogP) is 1.92. The number of nitrogens with two attached hydrogens (primary N) is 1. The maximum Gasteiger partial charge on any atom is 0.223 e. The normalized spacial score (nSPS) is 26.1. The van der Waals surface area contributed by atoms with E-state index in [9.17, 15) is 13.6 Å². The lowest BCUT2D eigenvalue weighted by Crippen LogP contribution is -2.39. The maximum absolute atomic E-state index is 13.6. The molecule has 1 aromatic carbocycles. The summed E-state index contributed by atoms with van der Waals surface area (Å²) < 4.78 is 26.8. The number of carbonyl (C=O) groups excluding carboxylic acids is 1. The zero-order valence-corrected chi connectivity index (χ0v) is 11.1. The number of nitrogens with one attached hydrogen (secondary N) is 1. The largest absolute Gasteiger partial charge is 0.354 e. The third-order valence-electron chi connectivity index (χ3n) is 4.25. The molecule has 20 heavy (non-hydrogen) atoms. The van der Waals surface area contributed by atoms with Crippen molar-refractivity contribution in [2.75, 3.05) is 6.54 Å². The molecule has 2 aliphatic rings. The summed E-state index contributed by atoms with van der Waals surface area (Å²) in [7, 11) is 0. The molecule has 0 aliphatic heterocycles. The second kappa shape index (κ2) is 5.13. The summed E-state index contributed by atoms with van der Waals surface area (Å²) >= 11 is 0. The molecule has 2 saturated carbocycles. The Morgan fingerprint density at radius 1 is 1.40 bits per heavy atom. The van der Waals surface area contributed by atoms with E-state index >= 15 is 0 Å². The van der Waals surface area contributed by atoms with E-state index in [0.29, 0.717) is 24.4 Å². The monoisotopic (exact) mass is 280 g/mol. The van der Waals surface area contributed by atoms with Gasteiger partial charge in [-0.15, -0.1) is 0 Å². The first-order chi connectivity index (χ1) is 9.58. The van der Waals surface area contributed by atoms with Gasteiger partial charge in [0.05, 0.1) is 0 Å². The molecule has 3 atom stereocenters. The Balaban J connectivity index is 1.55.